The summed E-state index contributed by atoms with van der Waals surface area (Å²) in [7, 11) is 3.04. The third kappa shape index (κ3) is 1.48. The van der Waals surface area contributed by atoms with Crippen molar-refractivity contribution in [3.05, 3.63) is 29.3 Å². The Kier molecular flexibility index (Phi) is 2.19. The lowest BCUT2D eigenvalue weighted by Gasteiger charge is -2.10. The van der Waals surface area contributed by atoms with Gasteiger partial charge >= 0.3 is 5.97 Å². The number of rotatable bonds is 1. The van der Waals surface area contributed by atoms with Gasteiger partial charge in [0.25, 0.3) is 0 Å². The van der Waals surface area contributed by atoms with Crippen LogP contribution in [0.4, 0.5) is 5.69 Å². The molecule has 0 unspecified atom stereocenters. The first-order valence-electron chi connectivity index (χ1n) is 4.61. The van der Waals surface area contributed by atoms with Crippen LogP contribution < -0.4 is 4.90 Å². The van der Waals surface area contributed by atoms with Crippen molar-refractivity contribution in [1.29, 1.82) is 0 Å². The lowest BCUT2D eigenvalue weighted by atomic mass is 10.1. The second kappa shape index (κ2) is 3.38. The van der Waals surface area contributed by atoms with Gasteiger partial charge in [0.1, 0.15) is 0 Å². The van der Waals surface area contributed by atoms with E-state index >= 15 is 0 Å². The summed E-state index contributed by atoms with van der Waals surface area (Å²) in [5.74, 6) is -0.336. The van der Waals surface area contributed by atoms with Gasteiger partial charge in [0.05, 0.1) is 19.1 Å². The Bertz CT molecular complexity index is 439. The minimum Gasteiger partial charge on any atom is -0.465 e. The number of hydrogen-bond acceptors (Lipinski definition) is 3. The highest BCUT2D eigenvalue weighted by Crippen LogP contribution is 2.28. The van der Waals surface area contributed by atoms with E-state index in [0.29, 0.717) is 12.0 Å². The zero-order chi connectivity index (χ0) is 11.0. The van der Waals surface area contributed by atoms with Gasteiger partial charge in [0, 0.05) is 12.7 Å². The normalized spacial score (nSPS) is 14.0. The third-order valence-corrected chi connectivity index (χ3v) is 2.58. The minimum atomic E-state index is -0.384. The average molecular weight is 205 g/mol. The fraction of sp³-hybridized carbons (Fsp3) is 0.273. The molecule has 0 radical (unpaired) electrons. The van der Waals surface area contributed by atoms with Crippen LogP contribution in [0, 0.1) is 0 Å². The van der Waals surface area contributed by atoms with Crippen molar-refractivity contribution in [2.24, 2.45) is 0 Å². The van der Waals surface area contributed by atoms with E-state index in [2.05, 4.69) is 4.74 Å². The molecule has 1 aromatic rings. The Balaban J connectivity index is 2.44. The van der Waals surface area contributed by atoms with Crippen LogP contribution in [-0.2, 0) is 16.0 Å². The van der Waals surface area contributed by atoms with Gasteiger partial charge in [-0.25, -0.2) is 4.79 Å². The molecule has 0 N–H and O–H groups in total. The topological polar surface area (TPSA) is 46.6 Å². The highest BCUT2D eigenvalue weighted by atomic mass is 16.5. The van der Waals surface area contributed by atoms with E-state index in [1.807, 2.05) is 0 Å². The molecule has 78 valence electrons. The molecule has 0 bridgehead atoms. The maximum atomic E-state index is 11.4. The molecular weight excluding hydrogens is 194 g/mol. The van der Waals surface area contributed by atoms with Crippen molar-refractivity contribution in [2.45, 2.75) is 6.42 Å². The first-order chi connectivity index (χ1) is 7.13. The number of nitrogens with zero attached hydrogens (tertiary/aromatic N) is 1. The van der Waals surface area contributed by atoms with E-state index in [4.69, 9.17) is 0 Å². The van der Waals surface area contributed by atoms with Gasteiger partial charge in [-0.1, -0.05) is 6.07 Å². The fourth-order valence-electron chi connectivity index (χ4n) is 1.69. The quantitative estimate of drug-likeness (QED) is 0.642. The summed E-state index contributed by atoms with van der Waals surface area (Å²) < 4.78 is 4.62. The van der Waals surface area contributed by atoms with Gasteiger partial charge < -0.3 is 9.64 Å². The average Bonchev–Trinajstić information content (AvgIpc) is 2.54. The number of esters is 1. The minimum absolute atomic E-state index is 0.0482. The Hall–Kier alpha value is -1.84. The smallest absolute Gasteiger partial charge is 0.337 e. The number of amides is 1. The van der Waals surface area contributed by atoms with E-state index in [9.17, 15) is 9.59 Å². The maximum Gasteiger partial charge on any atom is 0.337 e. The number of benzene rings is 1. The van der Waals surface area contributed by atoms with Crippen molar-refractivity contribution in [3.8, 4) is 0 Å². The highest BCUT2D eigenvalue weighted by molar-refractivity contribution is 6.02. The summed E-state index contributed by atoms with van der Waals surface area (Å²) in [5.41, 5.74) is 2.22. The SMILES string of the molecule is COC(=O)c1ccc2c(c1)N(C)C(=O)C2. The van der Waals surface area contributed by atoms with E-state index in [-0.39, 0.29) is 11.9 Å². The number of likely N-dealkylation sites (N-methyl/N-ethyl adjacent to an activating group) is 1. The van der Waals surface area contributed by atoms with Crippen LogP contribution in [0.15, 0.2) is 18.2 Å². The lowest BCUT2D eigenvalue weighted by molar-refractivity contribution is -0.117. The molecule has 1 heterocycles. The molecule has 0 saturated heterocycles. The largest absolute Gasteiger partial charge is 0.465 e. The van der Waals surface area contributed by atoms with Gasteiger partial charge in [-0.15, -0.1) is 0 Å². The number of hydrogen-bond donors (Lipinski definition) is 0. The third-order valence-electron chi connectivity index (χ3n) is 2.58. The molecule has 1 aromatic carbocycles. The Morgan fingerprint density at radius 3 is 2.87 bits per heavy atom. The van der Waals surface area contributed by atoms with Crippen molar-refractivity contribution in [1.82, 2.24) is 0 Å². The Morgan fingerprint density at radius 2 is 2.20 bits per heavy atom. The fourth-order valence-corrected chi connectivity index (χ4v) is 1.69. The second-order valence-corrected chi connectivity index (χ2v) is 3.46. The molecule has 0 fully saturated rings. The van der Waals surface area contributed by atoms with E-state index in [1.54, 1.807) is 30.1 Å². The molecule has 1 aliphatic rings. The summed E-state index contributed by atoms with van der Waals surface area (Å²) in [6, 6.07) is 5.16. The van der Waals surface area contributed by atoms with Crippen molar-refractivity contribution in [3.63, 3.8) is 0 Å². The number of anilines is 1. The predicted octanol–water partition coefficient (Wildman–Crippen LogP) is 0.992. The molecule has 0 atom stereocenters. The van der Waals surface area contributed by atoms with Crippen molar-refractivity contribution >= 4 is 17.6 Å². The van der Waals surface area contributed by atoms with Gasteiger partial charge in [-0.3, -0.25) is 4.79 Å². The summed E-state index contributed by atoms with van der Waals surface area (Å²) in [5, 5.41) is 0. The molecule has 2 rings (SSSR count). The zero-order valence-corrected chi connectivity index (χ0v) is 8.61. The molecule has 0 spiro atoms. The van der Waals surface area contributed by atoms with E-state index in [0.717, 1.165) is 11.3 Å². The second-order valence-electron chi connectivity index (χ2n) is 3.46. The predicted molar refractivity (Wildman–Crippen MR) is 54.9 cm³/mol. The van der Waals surface area contributed by atoms with Crippen LogP contribution in [0.2, 0.25) is 0 Å². The Morgan fingerprint density at radius 1 is 1.47 bits per heavy atom. The molecule has 4 nitrogen and oxygen atoms in total. The molecule has 15 heavy (non-hydrogen) atoms. The molecule has 1 aliphatic heterocycles. The highest BCUT2D eigenvalue weighted by Gasteiger charge is 2.24. The first kappa shape index (κ1) is 9.71. The van der Waals surface area contributed by atoms with Gasteiger partial charge in [0.15, 0.2) is 0 Å². The summed E-state index contributed by atoms with van der Waals surface area (Å²) in [4.78, 5) is 24.2. The lowest BCUT2D eigenvalue weighted by Crippen LogP contribution is -2.20. The molecule has 4 heteroatoms. The van der Waals surface area contributed by atoms with Crippen LogP contribution in [-0.4, -0.2) is 26.0 Å². The number of fused-ring (bicyclic) bond motifs is 1. The standard InChI is InChI=1S/C11H11NO3/c1-12-9-5-8(11(14)15-2)4-3-7(9)6-10(12)13/h3-5H,6H2,1-2H3. The summed E-state index contributed by atoms with van der Waals surface area (Å²) >= 11 is 0. The molecule has 1 amide bonds. The van der Waals surface area contributed by atoms with Gasteiger partial charge in [0.2, 0.25) is 5.91 Å². The van der Waals surface area contributed by atoms with Gasteiger partial charge in [-0.2, -0.15) is 0 Å². The maximum absolute atomic E-state index is 11.4. The molecule has 0 aliphatic carbocycles. The first-order valence-corrected chi connectivity index (χ1v) is 4.61. The number of carbonyl (C=O) groups excluding carboxylic acids is 2. The number of carbonyl (C=O) groups is 2. The Labute approximate surface area is 87.4 Å². The van der Waals surface area contributed by atoms with E-state index < -0.39 is 0 Å². The molecule has 0 saturated carbocycles. The van der Waals surface area contributed by atoms with Crippen LogP contribution in [0.3, 0.4) is 0 Å². The van der Waals surface area contributed by atoms with Gasteiger partial charge in [-0.05, 0) is 17.7 Å². The molecule has 0 aromatic heterocycles. The summed E-state index contributed by atoms with van der Waals surface area (Å²) in [6.45, 7) is 0. The zero-order valence-electron chi connectivity index (χ0n) is 8.61. The number of ether oxygens (including phenoxy) is 1. The number of methoxy groups -OCH3 is 1. The molecular formula is C11H11NO3. The van der Waals surface area contributed by atoms with Crippen molar-refractivity contribution < 1.29 is 14.3 Å². The van der Waals surface area contributed by atoms with Crippen LogP contribution in [0.1, 0.15) is 15.9 Å². The van der Waals surface area contributed by atoms with Crippen LogP contribution in [0.5, 0.6) is 0 Å². The van der Waals surface area contributed by atoms with Crippen LogP contribution >= 0.6 is 0 Å². The monoisotopic (exact) mass is 205 g/mol. The van der Waals surface area contributed by atoms with Crippen molar-refractivity contribution in [2.75, 3.05) is 19.1 Å². The summed E-state index contributed by atoms with van der Waals surface area (Å²) in [6.07, 6.45) is 0.410. The van der Waals surface area contributed by atoms with Crippen LogP contribution in [0.25, 0.3) is 0 Å². The van der Waals surface area contributed by atoms with E-state index in [1.165, 1.54) is 7.11 Å².